The third kappa shape index (κ3) is 2.01. The Balaban J connectivity index is 2.22. The molecule has 0 saturated carbocycles. The monoisotopic (exact) mass is 245 g/mol. The summed E-state index contributed by atoms with van der Waals surface area (Å²) in [5, 5.41) is 8.71. The van der Waals surface area contributed by atoms with E-state index in [2.05, 4.69) is 37.5 Å². The number of hydrogen-bond acceptors (Lipinski definition) is 2. The molecule has 0 atom stereocenters. The van der Waals surface area contributed by atoms with Gasteiger partial charge in [-0.1, -0.05) is 38.6 Å². The van der Waals surface area contributed by atoms with Crippen LogP contribution in [0.3, 0.4) is 0 Å². The Kier molecular flexibility index (Phi) is 3.16. The maximum Gasteiger partial charge on any atom is 0.303 e. The Morgan fingerprint density at radius 1 is 1.39 bits per heavy atom. The van der Waals surface area contributed by atoms with Crippen molar-refractivity contribution in [1.29, 1.82) is 0 Å². The van der Waals surface area contributed by atoms with E-state index in [0.29, 0.717) is 13.0 Å². The summed E-state index contributed by atoms with van der Waals surface area (Å²) >= 11 is 0. The first-order valence-electron chi connectivity index (χ1n) is 6.23. The van der Waals surface area contributed by atoms with Gasteiger partial charge < -0.3 is 10.0 Å². The summed E-state index contributed by atoms with van der Waals surface area (Å²) in [6.07, 6.45) is 0.838. The number of hydrogen-bond donors (Lipinski definition) is 1. The fraction of sp³-hybridized carbons (Fsp3) is 0.400. The molecule has 1 aromatic carbocycles. The Bertz CT molecular complexity index is 491. The van der Waals surface area contributed by atoms with E-state index in [9.17, 15) is 4.79 Å². The van der Waals surface area contributed by atoms with E-state index in [1.54, 1.807) is 0 Å². The zero-order chi connectivity index (χ0) is 13.3. The molecule has 1 heterocycles. The number of aliphatic carboxylic acids is 1. The molecule has 0 spiro atoms. The number of allylic oxidation sites excluding steroid dienone is 1. The topological polar surface area (TPSA) is 40.5 Å². The Morgan fingerprint density at radius 3 is 2.72 bits per heavy atom. The quantitative estimate of drug-likeness (QED) is 0.885. The molecule has 1 aliphatic heterocycles. The maximum atomic E-state index is 10.6. The normalized spacial score (nSPS) is 16.8. The second-order valence-electron chi connectivity index (χ2n) is 5.24. The molecular formula is C15H19NO2. The lowest BCUT2D eigenvalue weighted by Crippen LogP contribution is -2.26. The molecule has 0 fully saturated rings. The average molecular weight is 245 g/mol. The predicted molar refractivity (Wildman–Crippen MR) is 72.8 cm³/mol. The third-order valence-corrected chi connectivity index (χ3v) is 3.69. The Hall–Kier alpha value is -1.77. The van der Waals surface area contributed by atoms with Crippen LogP contribution in [0.2, 0.25) is 0 Å². The van der Waals surface area contributed by atoms with Crippen LogP contribution in [0.1, 0.15) is 32.3 Å². The van der Waals surface area contributed by atoms with Crippen molar-refractivity contribution in [3.8, 4) is 0 Å². The SMILES string of the molecule is C=C1N(CCCC(=O)O)c2ccccc2C1(C)C. The van der Waals surface area contributed by atoms with Gasteiger partial charge in [-0.15, -0.1) is 0 Å². The highest BCUT2D eigenvalue weighted by molar-refractivity contribution is 5.70. The highest BCUT2D eigenvalue weighted by atomic mass is 16.4. The van der Waals surface area contributed by atoms with Crippen LogP contribution in [-0.4, -0.2) is 17.6 Å². The molecule has 1 aromatic rings. The van der Waals surface area contributed by atoms with Crippen LogP contribution in [-0.2, 0) is 10.2 Å². The van der Waals surface area contributed by atoms with Gasteiger partial charge in [-0.05, 0) is 18.1 Å². The lowest BCUT2D eigenvalue weighted by atomic mass is 9.84. The van der Waals surface area contributed by atoms with Crippen LogP contribution in [0.15, 0.2) is 36.5 Å². The van der Waals surface area contributed by atoms with E-state index >= 15 is 0 Å². The van der Waals surface area contributed by atoms with Crippen molar-refractivity contribution in [1.82, 2.24) is 0 Å². The molecule has 18 heavy (non-hydrogen) atoms. The van der Waals surface area contributed by atoms with Crippen molar-refractivity contribution in [3.05, 3.63) is 42.1 Å². The number of fused-ring (bicyclic) bond motifs is 1. The van der Waals surface area contributed by atoms with Crippen LogP contribution < -0.4 is 4.90 Å². The Labute approximate surface area is 108 Å². The van der Waals surface area contributed by atoms with E-state index in [0.717, 1.165) is 11.4 Å². The van der Waals surface area contributed by atoms with Crippen molar-refractivity contribution in [2.45, 2.75) is 32.1 Å². The van der Waals surface area contributed by atoms with E-state index in [1.807, 2.05) is 12.1 Å². The van der Waals surface area contributed by atoms with Crippen molar-refractivity contribution in [2.24, 2.45) is 0 Å². The maximum absolute atomic E-state index is 10.6. The summed E-state index contributed by atoms with van der Waals surface area (Å²) in [4.78, 5) is 12.7. The zero-order valence-electron chi connectivity index (χ0n) is 10.9. The minimum atomic E-state index is -0.743. The molecule has 0 aromatic heterocycles. The highest BCUT2D eigenvalue weighted by Crippen LogP contribution is 2.46. The molecule has 3 heteroatoms. The second-order valence-corrected chi connectivity index (χ2v) is 5.24. The number of benzene rings is 1. The largest absolute Gasteiger partial charge is 0.481 e. The predicted octanol–water partition coefficient (Wildman–Crippen LogP) is 3.16. The fourth-order valence-corrected chi connectivity index (χ4v) is 2.52. The van der Waals surface area contributed by atoms with Crippen molar-refractivity contribution < 1.29 is 9.90 Å². The lowest BCUT2D eigenvalue weighted by molar-refractivity contribution is -0.137. The number of anilines is 1. The van der Waals surface area contributed by atoms with Gasteiger partial charge in [0.15, 0.2) is 0 Å². The zero-order valence-corrected chi connectivity index (χ0v) is 10.9. The van der Waals surface area contributed by atoms with E-state index in [-0.39, 0.29) is 11.8 Å². The van der Waals surface area contributed by atoms with Crippen LogP contribution in [0.5, 0.6) is 0 Å². The van der Waals surface area contributed by atoms with E-state index < -0.39 is 5.97 Å². The van der Waals surface area contributed by atoms with Gasteiger partial charge in [0.1, 0.15) is 0 Å². The first kappa shape index (κ1) is 12.7. The summed E-state index contributed by atoms with van der Waals surface area (Å²) in [5.41, 5.74) is 3.41. The third-order valence-electron chi connectivity index (χ3n) is 3.69. The lowest BCUT2D eigenvalue weighted by Gasteiger charge is -2.25. The average Bonchev–Trinajstić information content (AvgIpc) is 2.51. The molecule has 0 unspecified atom stereocenters. The fourth-order valence-electron chi connectivity index (χ4n) is 2.52. The number of carboxylic acid groups (broad SMARTS) is 1. The molecule has 0 amide bonds. The van der Waals surface area contributed by atoms with Crippen molar-refractivity contribution in [3.63, 3.8) is 0 Å². The van der Waals surface area contributed by atoms with Crippen LogP contribution in [0.4, 0.5) is 5.69 Å². The summed E-state index contributed by atoms with van der Waals surface area (Å²) < 4.78 is 0. The summed E-state index contributed by atoms with van der Waals surface area (Å²) in [7, 11) is 0. The molecule has 3 nitrogen and oxygen atoms in total. The van der Waals surface area contributed by atoms with Crippen LogP contribution >= 0.6 is 0 Å². The van der Waals surface area contributed by atoms with Gasteiger partial charge >= 0.3 is 5.97 Å². The van der Waals surface area contributed by atoms with Gasteiger partial charge in [0, 0.05) is 29.8 Å². The van der Waals surface area contributed by atoms with Gasteiger partial charge in [0.2, 0.25) is 0 Å². The molecule has 2 rings (SSSR count). The van der Waals surface area contributed by atoms with Crippen LogP contribution in [0, 0.1) is 0 Å². The van der Waals surface area contributed by atoms with Crippen molar-refractivity contribution >= 4 is 11.7 Å². The molecule has 0 aliphatic carbocycles. The van der Waals surface area contributed by atoms with E-state index in [4.69, 9.17) is 5.11 Å². The summed E-state index contributed by atoms with van der Waals surface area (Å²) in [6.45, 7) is 9.21. The molecule has 0 radical (unpaired) electrons. The number of carbonyl (C=O) groups is 1. The molecule has 1 N–H and O–H groups in total. The number of carboxylic acids is 1. The second kappa shape index (κ2) is 4.48. The summed E-state index contributed by atoms with van der Waals surface area (Å²) in [6, 6.07) is 8.25. The number of rotatable bonds is 4. The van der Waals surface area contributed by atoms with E-state index in [1.165, 1.54) is 5.56 Å². The minimum absolute atomic E-state index is 0.0696. The highest BCUT2D eigenvalue weighted by Gasteiger charge is 2.38. The molecular weight excluding hydrogens is 226 g/mol. The van der Waals surface area contributed by atoms with Gasteiger partial charge in [-0.2, -0.15) is 0 Å². The first-order chi connectivity index (χ1) is 8.44. The molecule has 0 bridgehead atoms. The Morgan fingerprint density at radius 2 is 2.06 bits per heavy atom. The van der Waals surface area contributed by atoms with Crippen molar-refractivity contribution in [2.75, 3.05) is 11.4 Å². The molecule has 1 aliphatic rings. The smallest absolute Gasteiger partial charge is 0.303 e. The van der Waals surface area contributed by atoms with Gasteiger partial charge in [-0.25, -0.2) is 0 Å². The number of nitrogens with zero attached hydrogens (tertiary/aromatic N) is 1. The minimum Gasteiger partial charge on any atom is -0.481 e. The van der Waals surface area contributed by atoms with Crippen LogP contribution in [0.25, 0.3) is 0 Å². The molecule has 96 valence electrons. The first-order valence-corrected chi connectivity index (χ1v) is 6.23. The standard InChI is InChI=1S/C15H19NO2/c1-11-15(2,3)12-7-4-5-8-13(12)16(11)10-6-9-14(17)18/h4-5,7-8H,1,6,9-10H2,2-3H3,(H,17,18). The van der Waals surface area contributed by atoms with Gasteiger partial charge in [0.25, 0.3) is 0 Å². The summed E-state index contributed by atoms with van der Waals surface area (Å²) in [5.74, 6) is -0.743. The molecule has 0 saturated heterocycles. The van der Waals surface area contributed by atoms with Gasteiger partial charge in [0.05, 0.1) is 0 Å². The van der Waals surface area contributed by atoms with Gasteiger partial charge in [-0.3, -0.25) is 4.79 Å². The number of para-hydroxylation sites is 1.